The van der Waals surface area contributed by atoms with Gasteiger partial charge in [0.1, 0.15) is 0 Å². The molecule has 3 nitrogen and oxygen atoms in total. The highest BCUT2D eigenvalue weighted by Crippen LogP contribution is 2.29. The molecule has 0 radical (unpaired) electrons. The molecule has 1 aromatic carbocycles. The van der Waals surface area contributed by atoms with E-state index in [0.717, 1.165) is 44.3 Å². The molecule has 0 amide bonds. The van der Waals surface area contributed by atoms with Crippen LogP contribution in [-0.2, 0) is 11.3 Å². The maximum absolute atomic E-state index is 5.91. The minimum atomic E-state index is 0.260. The van der Waals surface area contributed by atoms with E-state index in [-0.39, 0.29) is 5.41 Å². The highest BCUT2D eigenvalue weighted by Gasteiger charge is 2.35. The van der Waals surface area contributed by atoms with Crippen LogP contribution in [0.3, 0.4) is 0 Å². The Morgan fingerprint density at radius 1 is 1.37 bits per heavy atom. The second kappa shape index (κ2) is 6.71. The predicted octanol–water partition coefficient (Wildman–Crippen LogP) is 2.40. The highest BCUT2D eigenvalue weighted by molar-refractivity contribution is 6.30. The minimum absolute atomic E-state index is 0.260. The average molecular weight is 283 g/mol. The van der Waals surface area contributed by atoms with Crippen molar-refractivity contribution in [2.75, 3.05) is 40.4 Å². The molecule has 0 spiro atoms. The van der Waals surface area contributed by atoms with E-state index in [1.807, 2.05) is 19.2 Å². The summed E-state index contributed by atoms with van der Waals surface area (Å²) in [4.78, 5) is 2.37. The second-order valence-electron chi connectivity index (χ2n) is 5.63. The van der Waals surface area contributed by atoms with E-state index in [0.29, 0.717) is 0 Å². The van der Waals surface area contributed by atoms with E-state index in [4.69, 9.17) is 16.3 Å². The van der Waals surface area contributed by atoms with E-state index in [1.54, 1.807) is 0 Å². The Morgan fingerprint density at radius 3 is 2.68 bits per heavy atom. The lowest BCUT2D eigenvalue weighted by molar-refractivity contribution is 0.118. The van der Waals surface area contributed by atoms with Crippen LogP contribution >= 0.6 is 11.6 Å². The van der Waals surface area contributed by atoms with Crippen LogP contribution in [0, 0.1) is 5.41 Å². The van der Waals surface area contributed by atoms with Crippen LogP contribution in [0.1, 0.15) is 12.0 Å². The summed E-state index contributed by atoms with van der Waals surface area (Å²) in [5.41, 5.74) is 1.56. The fourth-order valence-corrected chi connectivity index (χ4v) is 3.00. The highest BCUT2D eigenvalue weighted by atomic mass is 35.5. The van der Waals surface area contributed by atoms with Crippen molar-refractivity contribution in [3.8, 4) is 0 Å². The smallest absolute Gasteiger partial charge is 0.0547 e. The molecule has 2 rings (SSSR count). The zero-order valence-corrected chi connectivity index (χ0v) is 12.5. The molecule has 0 aliphatic carbocycles. The number of nitrogens with zero attached hydrogens (tertiary/aromatic N) is 1. The molecule has 4 heteroatoms. The first-order valence-corrected chi connectivity index (χ1v) is 7.17. The molecular weight excluding hydrogens is 260 g/mol. The third-order valence-corrected chi connectivity index (χ3v) is 3.96. The van der Waals surface area contributed by atoms with Gasteiger partial charge >= 0.3 is 0 Å². The van der Waals surface area contributed by atoms with Gasteiger partial charge in [-0.15, -0.1) is 0 Å². The molecule has 1 heterocycles. The van der Waals surface area contributed by atoms with E-state index >= 15 is 0 Å². The van der Waals surface area contributed by atoms with Crippen LogP contribution in [0.4, 0.5) is 0 Å². The summed E-state index contributed by atoms with van der Waals surface area (Å²) in [7, 11) is 4.18. The van der Waals surface area contributed by atoms with Gasteiger partial charge in [-0.1, -0.05) is 23.7 Å². The predicted molar refractivity (Wildman–Crippen MR) is 79.6 cm³/mol. The second-order valence-corrected chi connectivity index (χ2v) is 6.07. The van der Waals surface area contributed by atoms with Gasteiger partial charge in [0.05, 0.1) is 6.61 Å². The average Bonchev–Trinajstić information content (AvgIpc) is 2.81. The van der Waals surface area contributed by atoms with Crippen molar-refractivity contribution in [3.05, 3.63) is 34.9 Å². The van der Waals surface area contributed by atoms with Gasteiger partial charge in [0, 0.05) is 36.7 Å². The fourth-order valence-electron chi connectivity index (χ4n) is 2.87. The number of rotatable bonds is 6. The van der Waals surface area contributed by atoms with E-state index in [1.165, 1.54) is 5.56 Å². The molecule has 1 aromatic rings. The van der Waals surface area contributed by atoms with Gasteiger partial charge in [-0.25, -0.2) is 0 Å². The molecule has 1 saturated heterocycles. The van der Waals surface area contributed by atoms with Crippen molar-refractivity contribution in [2.24, 2.45) is 5.41 Å². The maximum Gasteiger partial charge on any atom is 0.0547 e. The fraction of sp³-hybridized carbons (Fsp3) is 0.600. The Hall–Kier alpha value is -0.610. The molecule has 0 aromatic heterocycles. The summed E-state index contributed by atoms with van der Waals surface area (Å²) in [6.07, 6.45) is 1.14. The number of ether oxygens (including phenoxy) is 1. The molecule has 1 aliphatic heterocycles. The molecular formula is C15H23ClN2O. The molecule has 19 heavy (non-hydrogen) atoms. The van der Waals surface area contributed by atoms with Gasteiger partial charge in [0.25, 0.3) is 0 Å². The van der Waals surface area contributed by atoms with Crippen LogP contribution in [0.15, 0.2) is 24.3 Å². The first-order chi connectivity index (χ1) is 9.13. The number of nitrogens with one attached hydrogen (secondary N) is 1. The summed E-state index contributed by atoms with van der Waals surface area (Å²) >= 11 is 5.91. The largest absolute Gasteiger partial charge is 0.381 e. The molecule has 1 unspecified atom stereocenters. The van der Waals surface area contributed by atoms with Crippen LogP contribution in [0.2, 0.25) is 5.02 Å². The summed E-state index contributed by atoms with van der Waals surface area (Å²) in [5.74, 6) is 0. The summed E-state index contributed by atoms with van der Waals surface area (Å²) in [5, 5.41) is 4.10. The van der Waals surface area contributed by atoms with Gasteiger partial charge in [-0.3, -0.25) is 0 Å². The minimum Gasteiger partial charge on any atom is -0.381 e. The van der Waals surface area contributed by atoms with E-state index < -0.39 is 0 Å². The summed E-state index contributed by atoms with van der Waals surface area (Å²) in [6.45, 7) is 4.76. The molecule has 1 atom stereocenters. The lowest BCUT2D eigenvalue weighted by atomic mass is 9.86. The van der Waals surface area contributed by atoms with Gasteiger partial charge in [0.2, 0.25) is 0 Å². The Bertz CT molecular complexity index is 388. The quantitative estimate of drug-likeness (QED) is 0.867. The summed E-state index contributed by atoms with van der Waals surface area (Å²) < 4.78 is 5.60. The van der Waals surface area contributed by atoms with Crippen molar-refractivity contribution >= 4 is 11.6 Å². The lowest BCUT2D eigenvalue weighted by Gasteiger charge is -2.32. The first-order valence-electron chi connectivity index (χ1n) is 6.79. The lowest BCUT2D eigenvalue weighted by Crippen LogP contribution is -2.42. The topological polar surface area (TPSA) is 24.5 Å². The van der Waals surface area contributed by atoms with Crippen LogP contribution in [-0.4, -0.2) is 45.3 Å². The third kappa shape index (κ3) is 4.18. The SMILES string of the molecule is CNCC1(CN(C)Cc2ccc(Cl)cc2)CCOC1. The van der Waals surface area contributed by atoms with Crippen molar-refractivity contribution in [2.45, 2.75) is 13.0 Å². The van der Waals surface area contributed by atoms with Crippen molar-refractivity contribution in [3.63, 3.8) is 0 Å². The van der Waals surface area contributed by atoms with E-state index in [2.05, 4.69) is 29.4 Å². The number of halogens is 1. The van der Waals surface area contributed by atoms with Crippen LogP contribution in [0.5, 0.6) is 0 Å². The zero-order valence-electron chi connectivity index (χ0n) is 11.8. The van der Waals surface area contributed by atoms with E-state index in [9.17, 15) is 0 Å². The number of benzene rings is 1. The molecule has 106 valence electrons. The Morgan fingerprint density at radius 2 is 2.11 bits per heavy atom. The number of hydrogen-bond donors (Lipinski definition) is 1. The molecule has 1 fully saturated rings. The maximum atomic E-state index is 5.91. The van der Waals surface area contributed by atoms with Gasteiger partial charge in [0.15, 0.2) is 0 Å². The summed E-state index contributed by atoms with van der Waals surface area (Å²) in [6, 6.07) is 8.09. The van der Waals surface area contributed by atoms with Gasteiger partial charge in [-0.05, 0) is 38.2 Å². The standard InChI is InChI=1S/C15H23ClN2O/c1-17-10-15(7-8-19-12-15)11-18(2)9-13-3-5-14(16)6-4-13/h3-6,17H,7-12H2,1-2H3. The molecule has 1 aliphatic rings. The Kier molecular flexibility index (Phi) is 5.22. The van der Waals surface area contributed by atoms with Crippen LogP contribution in [0.25, 0.3) is 0 Å². The Labute approximate surface area is 120 Å². The monoisotopic (exact) mass is 282 g/mol. The van der Waals surface area contributed by atoms with Crippen molar-refractivity contribution < 1.29 is 4.74 Å². The molecule has 0 bridgehead atoms. The van der Waals surface area contributed by atoms with Crippen LogP contribution < -0.4 is 5.32 Å². The number of hydrogen-bond acceptors (Lipinski definition) is 3. The Balaban J connectivity index is 1.92. The van der Waals surface area contributed by atoms with Crippen molar-refractivity contribution in [1.82, 2.24) is 10.2 Å². The third-order valence-electron chi connectivity index (χ3n) is 3.71. The normalized spacial score (nSPS) is 23.2. The van der Waals surface area contributed by atoms with Gasteiger partial charge < -0.3 is 15.0 Å². The zero-order chi connectivity index (χ0) is 13.7. The van der Waals surface area contributed by atoms with Crippen molar-refractivity contribution in [1.29, 1.82) is 0 Å². The molecule has 0 saturated carbocycles. The molecule has 1 N–H and O–H groups in total. The first kappa shape index (κ1) is 14.8. The van der Waals surface area contributed by atoms with Gasteiger partial charge in [-0.2, -0.15) is 0 Å².